The molecule has 0 fully saturated rings. The van der Waals surface area contributed by atoms with Crippen LogP contribution in [0.3, 0.4) is 0 Å². The summed E-state index contributed by atoms with van der Waals surface area (Å²) >= 11 is 0. The normalized spacial score (nSPS) is 18.7. The highest BCUT2D eigenvalue weighted by molar-refractivity contribution is 5.38. The van der Waals surface area contributed by atoms with E-state index < -0.39 is 18.9 Å². The van der Waals surface area contributed by atoms with E-state index in [1.807, 2.05) is 6.07 Å². The van der Waals surface area contributed by atoms with Crippen molar-refractivity contribution in [3.8, 4) is 5.75 Å². The van der Waals surface area contributed by atoms with Gasteiger partial charge in [-0.3, -0.25) is 0 Å². The van der Waals surface area contributed by atoms with Gasteiger partial charge in [0, 0.05) is 0 Å². The summed E-state index contributed by atoms with van der Waals surface area (Å²) in [5.74, 6) is 0.542. The second kappa shape index (κ2) is 6.45. The molecule has 0 amide bonds. The summed E-state index contributed by atoms with van der Waals surface area (Å²) in [6, 6.07) is 5.41. The molecule has 1 N–H and O–H groups in total. The molecule has 20 heavy (non-hydrogen) atoms. The molecule has 6 heteroatoms. The van der Waals surface area contributed by atoms with E-state index in [0.717, 1.165) is 30.4 Å². The third-order valence-electron chi connectivity index (χ3n) is 3.16. The van der Waals surface area contributed by atoms with E-state index in [2.05, 4.69) is 4.74 Å². The van der Waals surface area contributed by atoms with Gasteiger partial charge in [-0.05, 0) is 42.5 Å². The van der Waals surface area contributed by atoms with E-state index in [4.69, 9.17) is 4.74 Å². The number of benzene rings is 1. The van der Waals surface area contributed by atoms with Crippen molar-refractivity contribution < 1.29 is 27.8 Å². The van der Waals surface area contributed by atoms with Crippen molar-refractivity contribution in [2.45, 2.75) is 31.5 Å². The van der Waals surface area contributed by atoms with Crippen LogP contribution >= 0.6 is 0 Å². The summed E-state index contributed by atoms with van der Waals surface area (Å²) in [6.07, 6.45) is -2.17. The average molecular weight is 290 g/mol. The molecule has 1 aromatic carbocycles. The molecule has 0 saturated carbocycles. The van der Waals surface area contributed by atoms with E-state index in [0.29, 0.717) is 5.75 Å². The van der Waals surface area contributed by atoms with Crippen molar-refractivity contribution in [3.63, 3.8) is 0 Å². The molecule has 1 aliphatic carbocycles. The third-order valence-corrected chi connectivity index (χ3v) is 3.16. The Kier molecular flexibility index (Phi) is 4.88. The minimum Gasteiger partial charge on any atom is -0.491 e. The maximum absolute atomic E-state index is 11.8. The summed E-state index contributed by atoms with van der Waals surface area (Å²) in [5, 5.41) is 9.88. The van der Waals surface area contributed by atoms with Crippen molar-refractivity contribution in [2.75, 3.05) is 19.8 Å². The number of aliphatic hydroxyl groups excluding tert-OH is 1. The smallest absolute Gasteiger partial charge is 0.411 e. The predicted molar refractivity (Wildman–Crippen MR) is 66.7 cm³/mol. The van der Waals surface area contributed by atoms with Crippen molar-refractivity contribution >= 4 is 0 Å². The fraction of sp³-hybridized carbons (Fsp3) is 0.571. The highest BCUT2D eigenvalue weighted by Gasteiger charge is 2.27. The first-order valence-corrected chi connectivity index (χ1v) is 6.54. The summed E-state index contributed by atoms with van der Waals surface area (Å²) < 4.78 is 45.3. The average Bonchev–Trinajstić information content (AvgIpc) is 2.38. The van der Waals surface area contributed by atoms with Crippen molar-refractivity contribution in [3.05, 3.63) is 29.3 Å². The first-order chi connectivity index (χ1) is 9.46. The second-order valence-corrected chi connectivity index (χ2v) is 4.78. The molecule has 0 radical (unpaired) electrons. The number of aryl methyl sites for hydroxylation is 1. The molecule has 0 bridgehead atoms. The monoisotopic (exact) mass is 290 g/mol. The molecule has 1 atom stereocenters. The standard InChI is InChI=1S/C14H17F3O3/c15-14(16,17)9-19-6-7-20-11-5-4-10-2-1-3-13(18)12(10)8-11/h4-5,8,13,18H,1-3,6-7,9H2. The maximum Gasteiger partial charge on any atom is 0.411 e. The zero-order valence-electron chi connectivity index (χ0n) is 10.9. The predicted octanol–water partition coefficient (Wildman–Crippen LogP) is 3.01. The van der Waals surface area contributed by atoms with Gasteiger partial charge < -0.3 is 14.6 Å². The van der Waals surface area contributed by atoms with E-state index in [1.165, 1.54) is 0 Å². The maximum atomic E-state index is 11.8. The van der Waals surface area contributed by atoms with E-state index in [1.54, 1.807) is 12.1 Å². The molecule has 1 aliphatic rings. The van der Waals surface area contributed by atoms with Crippen molar-refractivity contribution in [1.82, 2.24) is 0 Å². The molecule has 1 aromatic rings. The van der Waals surface area contributed by atoms with Crippen LogP contribution in [-0.2, 0) is 11.2 Å². The van der Waals surface area contributed by atoms with Gasteiger partial charge in [-0.25, -0.2) is 0 Å². The number of alkyl halides is 3. The van der Waals surface area contributed by atoms with Gasteiger partial charge in [-0.15, -0.1) is 0 Å². The van der Waals surface area contributed by atoms with Crippen LogP contribution in [-0.4, -0.2) is 31.1 Å². The molecular formula is C14H17F3O3. The fourth-order valence-electron chi connectivity index (χ4n) is 2.25. The minimum atomic E-state index is -4.31. The van der Waals surface area contributed by atoms with Crippen molar-refractivity contribution in [1.29, 1.82) is 0 Å². The van der Waals surface area contributed by atoms with Crippen LogP contribution in [0, 0.1) is 0 Å². The Morgan fingerprint density at radius 2 is 2.05 bits per heavy atom. The first kappa shape index (κ1) is 15.1. The molecule has 0 saturated heterocycles. The Hall–Kier alpha value is -1.27. The number of hydrogen-bond donors (Lipinski definition) is 1. The second-order valence-electron chi connectivity index (χ2n) is 4.78. The number of aliphatic hydroxyl groups is 1. The van der Waals surface area contributed by atoms with Crippen molar-refractivity contribution in [2.24, 2.45) is 0 Å². The highest BCUT2D eigenvalue weighted by atomic mass is 19.4. The van der Waals surface area contributed by atoms with Crippen LogP contribution in [0.2, 0.25) is 0 Å². The van der Waals surface area contributed by atoms with Crippen LogP contribution in [0.4, 0.5) is 13.2 Å². The van der Waals surface area contributed by atoms with Crippen LogP contribution in [0.5, 0.6) is 5.75 Å². The lowest BCUT2D eigenvalue weighted by Gasteiger charge is -2.22. The Labute approximate surface area is 115 Å². The summed E-state index contributed by atoms with van der Waals surface area (Å²) in [6.45, 7) is -1.34. The molecular weight excluding hydrogens is 273 g/mol. The number of ether oxygens (including phenoxy) is 2. The SMILES string of the molecule is OC1CCCc2ccc(OCCOCC(F)(F)F)cc21. The first-order valence-electron chi connectivity index (χ1n) is 6.54. The van der Waals surface area contributed by atoms with Gasteiger partial charge in [-0.1, -0.05) is 6.07 Å². The highest BCUT2D eigenvalue weighted by Crippen LogP contribution is 2.32. The summed E-state index contributed by atoms with van der Waals surface area (Å²) in [4.78, 5) is 0. The zero-order valence-corrected chi connectivity index (χ0v) is 10.9. The van der Waals surface area contributed by atoms with E-state index in [9.17, 15) is 18.3 Å². The van der Waals surface area contributed by atoms with Gasteiger partial charge in [0.2, 0.25) is 0 Å². The number of hydrogen-bond acceptors (Lipinski definition) is 3. The lowest BCUT2D eigenvalue weighted by Crippen LogP contribution is -2.19. The Balaban J connectivity index is 1.81. The number of fused-ring (bicyclic) bond motifs is 1. The minimum absolute atomic E-state index is 0.0466. The van der Waals surface area contributed by atoms with Gasteiger partial charge in [0.05, 0.1) is 12.7 Å². The zero-order chi connectivity index (χ0) is 14.6. The molecule has 1 unspecified atom stereocenters. The van der Waals surface area contributed by atoms with E-state index in [-0.39, 0.29) is 13.2 Å². The van der Waals surface area contributed by atoms with E-state index >= 15 is 0 Å². The van der Waals surface area contributed by atoms with Gasteiger partial charge in [0.1, 0.15) is 19.0 Å². The molecule has 112 valence electrons. The largest absolute Gasteiger partial charge is 0.491 e. The summed E-state index contributed by atoms with van der Waals surface area (Å²) in [7, 11) is 0. The topological polar surface area (TPSA) is 38.7 Å². The van der Waals surface area contributed by atoms with Gasteiger partial charge in [-0.2, -0.15) is 13.2 Å². The molecule has 2 rings (SSSR count). The lowest BCUT2D eigenvalue weighted by atomic mass is 9.89. The molecule has 0 aliphatic heterocycles. The Bertz CT molecular complexity index is 446. The quantitative estimate of drug-likeness (QED) is 0.847. The van der Waals surface area contributed by atoms with Gasteiger partial charge in [0.15, 0.2) is 0 Å². The fourth-order valence-corrected chi connectivity index (χ4v) is 2.25. The molecule has 0 heterocycles. The third kappa shape index (κ3) is 4.38. The van der Waals surface area contributed by atoms with Crippen LogP contribution in [0.1, 0.15) is 30.1 Å². The number of halogens is 3. The Morgan fingerprint density at radius 1 is 1.25 bits per heavy atom. The molecule has 0 spiro atoms. The molecule has 0 aromatic heterocycles. The lowest BCUT2D eigenvalue weighted by molar-refractivity contribution is -0.175. The van der Waals surface area contributed by atoms with Crippen LogP contribution in [0.15, 0.2) is 18.2 Å². The van der Waals surface area contributed by atoms with Gasteiger partial charge >= 0.3 is 6.18 Å². The Morgan fingerprint density at radius 3 is 2.80 bits per heavy atom. The van der Waals surface area contributed by atoms with Crippen LogP contribution in [0.25, 0.3) is 0 Å². The van der Waals surface area contributed by atoms with Gasteiger partial charge in [0.25, 0.3) is 0 Å². The van der Waals surface area contributed by atoms with Crippen LogP contribution < -0.4 is 4.74 Å². The molecule has 3 nitrogen and oxygen atoms in total. The number of rotatable bonds is 5. The summed E-state index contributed by atoms with van der Waals surface area (Å²) in [5.41, 5.74) is 1.95.